The summed E-state index contributed by atoms with van der Waals surface area (Å²) < 4.78 is 12.9. The Balaban J connectivity index is 2.74. The zero-order valence-corrected chi connectivity index (χ0v) is 10.00. The van der Waals surface area contributed by atoms with Crippen LogP contribution in [-0.2, 0) is 4.79 Å². The van der Waals surface area contributed by atoms with E-state index >= 15 is 0 Å². The van der Waals surface area contributed by atoms with Gasteiger partial charge in [-0.3, -0.25) is 9.59 Å². The number of nitrogens with one attached hydrogen (secondary N) is 1. The van der Waals surface area contributed by atoms with E-state index in [2.05, 4.69) is 5.32 Å². The zero-order chi connectivity index (χ0) is 12.8. The average Bonchev–Trinajstić information content (AvgIpc) is 2.31. The number of halogens is 1. The molecule has 0 heterocycles. The lowest BCUT2D eigenvalue weighted by Gasteiger charge is -2.10. The Morgan fingerprint density at radius 1 is 1.53 bits per heavy atom. The first-order chi connectivity index (χ1) is 8.06. The molecule has 1 unspecified atom stereocenters. The van der Waals surface area contributed by atoms with E-state index in [1.54, 1.807) is 0 Å². The van der Waals surface area contributed by atoms with Gasteiger partial charge in [-0.2, -0.15) is 0 Å². The smallest absolute Gasteiger partial charge is 0.224 e. The minimum Gasteiger partial charge on any atom is -0.325 e. The van der Waals surface area contributed by atoms with Crippen molar-refractivity contribution in [2.24, 2.45) is 5.92 Å². The third kappa shape index (κ3) is 3.98. The van der Waals surface area contributed by atoms with Crippen molar-refractivity contribution in [1.82, 2.24) is 0 Å². The Kier molecular flexibility index (Phi) is 4.82. The lowest BCUT2D eigenvalue weighted by molar-refractivity contribution is -0.117. The zero-order valence-electron chi connectivity index (χ0n) is 10.00. The number of carbonyl (C=O) groups is 2. The number of hydrogen-bond acceptors (Lipinski definition) is 2. The highest BCUT2D eigenvalue weighted by molar-refractivity contribution is 5.96. The van der Waals surface area contributed by atoms with Gasteiger partial charge >= 0.3 is 0 Å². The second kappa shape index (κ2) is 6.13. The van der Waals surface area contributed by atoms with Gasteiger partial charge in [-0.05, 0) is 24.1 Å². The first-order valence-corrected chi connectivity index (χ1v) is 5.61. The van der Waals surface area contributed by atoms with Gasteiger partial charge in [-0.1, -0.05) is 20.3 Å². The predicted octanol–water partition coefficient (Wildman–Crippen LogP) is 3.01. The van der Waals surface area contributed by atoms with Crippen LogP contribution in [0.4, 0.5) is 10.1 Å². The van der Waals surface area contributed by atoms with Gasteiger partial charge in [0, 0.05) is 12.0 Å². The molecule has 0 aromatic heterocycles. The largest absolute Gasteiger partial charge is 0.325 e. The molecule has 1 N–H and O–H groups in total. The van der Waals surface area contributed by atoms with Crippen molar-refractivity contribution in [1.29, 1.82) is 0 Å². The third-order valence-electron chi connectivity index (χ3n) is 2.65. The summed E-state index contributed by atoms with van der Waals surface area (Å²) in [5.41, 5.74) is 0.511. The fourth-order valence-electron chi connectivity index (χ4n) is 1.41. The molecule has 3 nitrogen and oxygen atoms in total. The molecule has 92 valence electrons. The van der Waals surface area contributed by atoms with Gasteiger partial charge in [0.15, 0.2) is 6.29 Å². The van der Waals surface area contributed by atoms with Crippen LogP contribution in [0.1, 0.15) is 37.0 Å². The number of amides is 1. The molecule has 0 saturated heterocycles. The van der Waals surface area contributed by atoms with E-state index < -0.39 is 5.82 Å². The molecule has 0 aliphatic rings. The number of benzene rings is 1. The lowest BCUT2D eigenvalue weighted by atomic mass is 10.0. The Hall–Kier alpha value is -1.71. The summed E-state index contributed by atoms with van der Waals surface area (Å²) >= 11 is 0. The van der Waals surface area contributed by atoms with E-state index in [0.717, 1.165) is 12.5 Å². The standard InChI is InChI=1S/C13H16FNO2/c1-3-9(2)6-13(17)15-12-5-4-11(14)7-10(12)8-16/h4-5,7-9H,3,6H2,1-2H3,(H,15,17). The topological polar surface area (TPSA) is 46.2 Å². The van der Waals surface area contributed by atoms with Crippen molar-refractivity contribution >= 4 is 17.9 Å². The van der Waals surface area contributed by atoms with Crippen LogP contribution in [0.3, 0.4) is 0 Å². The molecule has 0 aliphatic heterocycles. The Morgan fingerprint density at radius 2 is 2.24 bits per heavy atom. The second-order valence-corrected chi connectivity index (χ2v) is 4.12. The normalized spacial score (nSPS) is 11.9. The Bertz CT molecular complexity index is 418. The van der Waals surface area contributed by atoms with Crippen LogP contribution in [0.15, 0.2) is 18.2 Å². The van der Waals surface area contributed by atoms with Crippen LogP contribution in [0, 0.1) is 11.7 Å². The highest BCUT2D eigenvalue weighted by atomic mass is 19.1. The number of aldehydes is 1. The van der Waals surface area contributed by atoms with E-state index in [4.69, 9.17) is 0 Å². The molecular weight excluding hydrogens is 221 g/mol. The number of hydrogen-bond donors (Lipinski definition) is 1. The molecule has 1 aromatic carbocycles. The van der Waals surface area contributed by atoms with Crippen LogP contribution >= 0.6 is 0 Å². The lowest BCUT2D eigenvalue weighted by Crippen LogP contribution is -2.15. The van der Waals surface area contributed by atoms with Gasteiger partial charge in [-0.25, -0.2) is 4.39 Å². The van der Waals surface area contributed by atoms with Crippen LogP contribution in [-0.4, -0.2) is 12.2 Å². The molecule has 1 aromatic rings. The summed E-state index contributed by atoms with van der Waals surface area (Å²) in [5.74, 6) is -0.365. The van der Waals surface area contributed by atoms with Crippen LogP contribution in [0.5, 0.6) is 0 Å². The van der Waals surface area contributed by atoms with E-state index in [0.29, 0.717) is 18.4 Å². The van der Waals surface area contributed by atoms with E-state index in [1.165, 1.54) is 12.1 Å². The molecule has 4 heteroatoms. The molecule has 1 rings (SSSR count). The number of rotatable bonds is 5. The van der Waals surface area contributed by atoms with Gasteiger partial charge in [0.05, 0.1) is 5.69 Å². The molecule has 0 radical (unpaired) electrons. The first kappa shape index (κ1) is 13.4. The highest BCUT2D eigenvalue weighted by Gasteiger charge is 2.10. The quantitative estimate of drug-likeness (QED) is 0.800. The number of carbonyl (C=O) groups excluding carboxylic acids is 2. The van der Waals surface area contributed by atoms with Crippen molar-refractivity contribution in [3.63, 3.8) is 0 Å². The molecule has 0 aliphatic carbocycles. The predicted molar refractivity (Wildman–Crippen MR) is 64.5 cm³/mol. The summed E-state index contributed by atoms with van der Waals surface area (Å²) in [6.07, 6.45) is 1.84. The summed E-state index contributed by atoms with van der Waals surface area (Å²) in [5, 5.41) is 2.62. The Labute approximate surface area is 100 Å². The summed E-state index contributed by atoms with van der Waals surface area (Å²) in [4.78, 5) is 22.3. The van der Waals surface area contributed by atoms with Crippen LogP contribution in [0.25, 0.3) is 0 Å². The first-order valence-electron chi connectivity index (χ1n) is 5.61. The molecule has 0 saturated carbocycles. The van der Waals surface area contributed by atoms with E-state index in [-0.39, 0.29) is 17.4 Å². The molecule has 1 amide bonds. The van der Waals surface area contributed by atoms with Crippen molar-refractivity contribution in [2.45, 2.75) is 26.7 Å². The minimum absolute atomic E-state index is 0.155. The van der Waals surface area contributed by atoms with Crippen LogP contribution in [0.2, 0.25) is 0 Å². The summed E-state index contributed by atoms with van der Waals surface area (Å²) in [6.45, 7) is 3.98. The van der Waals surface area contributed by atoms with Gasteiger partial charge in [0.25, 0.3) is 0 Å². The van der Waals surface area contributed by atoms with E-state index in [9.17, 15) is 14.0 Å². The van der Waals surface area contributed by atoms with Gasteiger partial charge < -0.3 is 5.32 Å². The summed E-state index contributed by atoms with van der Waals surface area (Å²) in [6, 6.07) is 3.71. The van der Waals surface area contributed by atoms with Crippen molar-refractivity contribution in [2.75, 3.05) is 5.32 Å². The van der Waals surface area contributed by atoms with Crippen LogP contribution < -0.4 is 5.32 Å². The van der Waals surface area contributed by atoms with Crippen molar-refractivity contribution in [3.8, 4) is 0 Å². The molecule has 1 atom stereocenters. The Morgan fingerprint density at radius 3 is 2.82 bits per heavy atom. The monoisotopic (exact) mass is 237 g/mol. The van der Waals surface area contributed by atoms with Gasteiger partial charge in [-0.15, -0.1) is 0 Å². The highest BCUT2D eigenvalue weighted by Crippen LogP contribution is 2.16. The minimum atomic E-state index is -0.493. The molecule has 17 heavy (non-hydrogen) atoms. The molecule has 0 fully saturated rings. The van der Waals surface area contributed by atoms with Crippen molar-refractivity contribution < 1.29 is 14.0 Å². The molecular formula is C13H16FNO2. The average molecular weight is 237 g/mol. The van der Waals surface area contributed by atoms with Crippen molar-refractivity contribution in [3.05, 3.63) is 29.6 Å². The van der Waals surface area contributed by atoms with Gasteiger partial charge in [0.1, 0.15) is 5.82 Å². The molecule has 0 bridgehead atoms. The van der Waals surface area contributed by atoms with E-state index in [1.807, 2.05) is 13.8 Å². The SMILES string of the molecule is CCC(C)CC(=O)Nc1ccc(F)cc1C=O. The third-order valence-corrected chi connectivity index (χ3v) is 2.65. The van der Waals surface area contributed by atoms with Gasteiger partial charge in [0.2, 0.25) is 5.91 Å². The maximum absolute atomic E-state index is 12.9. The maximum Gasteiger partial charge on any atom is 0.224 e. The second-order valence-electron chi connectivity index (χ2n) is 4.12. The number of anilines is 1. The maximum atomic E-state index is 12.9. The fourth-order valence-corrected chi connectivity index (χ4v) is 1.41. The fraction of sp³-hybridized carbons (Fsp3) is 0.385. The molecule has 0 spiro atoms. The summed E-state index contributed by atoms with van der Waals surface area (Å²) in [7, 11) is 0.